The minimum Gasteiger partial charge on any atom is -0.312 e. The number of nitrogens with one attached hydrogen (secondary N) is 2. The van der Waals surface area contributed by atoms with Crippen LogP contribution < -0.4 is 10.0 Å². The summed E-state index contributed by atoms with van der Waals surface area (Å²) < 4.78 is 27.3. The van der Waals surface area contributed by atoms with Crippen LogP contribution in [-0.4, -0.2) is 21.0 Å². The summed E-state index contributed by atoms with van der Waals surface area (Å²) >= 11 is 1.35. The first kappa shape index (κ1) is 15.6. The summed E-state index contributed by atoms with van der Waals surface area (Å²) in [5, 5.41) is 3.22. The molecule has 0 spiro atoms. The smallest absolute Gasteiger partial charge is 0.250 e. The second kappa shape index (κ2) is 6.65. The summed E-state index contributed by atoms with van der Waals surface area (Å²) in [4.78, 5) is 1.08. The Morgan fingerprint density at radius 3 is 2.61 bits per heavy atom. The molecule has 0 aromatic carbocycles. The molecule has 1 rings (SSSR count). The molecule has 0 saturated carbocycles. The van der Waals surface area contributed by atoms with Gasteiger partial charge in [0.15, 0.2) is 0 Å². The molecule has 0 amide bonds. The molecule has 6 heteroatoms. The van der Waals surface area contributed by atoms with Crippen LogP contribution in [-0.2, 0) is 16.6 Å². The van der Waals surface area contributed by atoms with Gasteiger partial charge in [0.05, 0.1) is 0 Å². The number of sulfonamides is 1. The molecule has 0 fully saturated rings. The van der Waals surface area contributed by atoms with Gasteiger partial charge in [0, 0.05) is 17.5 Å². The summed E-state index contributed by atoms with van der Waals surface area (Å²) in [6.45, 7) is 9.42. The van der Waals surface area contributed by atoms with E-state index in [4.69, 9.17) is 0 Å². The summed E-state index contributed by atoms with van der Waals surface area (Å²) in [6.07, 6.45) is 0.786. The van der Waals surface area contributed by atoms with Gasteiger partial charge in [-0.1, -0.05) is 13.8 Å². The Morgan fingerprint density at radius 1 is 1.39 bits per heavy atom. The average molecular weight is 290 g/mol. The Balaban J connectivity index is 2.89. The zero-order valence-corrected chi connectivity index (χ0v) is 13.0. The van der Waals surface area contributed by atoms with E-state index >= 15 is 0 Å². The second-order valence-corrected chi connectivity index (χ2v) is 7.46. The average Bonchev–Trinajstić information content (AvgIpc) is 2.68. The van der Waals surface area contributed by atoms with Crippen molar-refractivity contribution >= 4 is 21.4 Å². The maximum Gasteiger partial charge on any atom is 0.250 e. The van der Waals surface area contributed by atoms with Crippen molar-refractivity contribution in [2.45, 2.75) is 50.9 Å². The second-order valence-electron chi connectivity index (χ2n) is 4.38. The van der Waals surface area contributed by atoms with Crippen LogP contribution in [0.15, 0.2) is 10.3 Å². The summed E-state index contributed by atoms with van der Waals surface area (Å²) in [5.41, 5.74) is 1.03. The predicted octanol–water partition coefficient (Wildman–Crippen LogP) is 2.24. The van der Waals surface area contributed by atoms with Crippen molar-refractivity contribution < 1.29 is 8.42 Å². The van der Waals surface area contributed by atoms with Crippen molar-refractivity contribution in [3.8, 4) is 0 Å². The molecule has 0 aliphatic rings. The van der Waals surface area contributed by atoms with Crippen molar-refractivity contribution in [2.24, 2.45) is 0 Å². The maximum atomic E-state index is 12.1. The highest BCUT2D eigenvalue weighted by atomic mass is 32.2. The van der Waals surface area contributed by atoms with Crippen LogP contribution in [0.25, 0.3) is 0 Å². The fraction of sp³-hybridized carbons (Fsp3) is 0.667. The first-order valence-corrected chi connectivity index (χ1v) is 8.53. The van der Waals surface area contributed by atoms with Gasteiger partial charge in [-0.05, 0) is 38.4 Å². The van der Waals surface area contributed by atoms with Gasteiger partial charge in [-0.25, -0.2) is 13.1 Å². The number of rotatable bonds is 7. The van der Waals surface area contributed by atoms with Gasteiger partial charge >= 0.3 is 0 Å². The van der Waals surface area contributed by atoms with E-state index in [-0.39, 0.29) is 6.04 Å². The van der Waals surface area contributed by atoms with Gasteiger partial charge in [0.1, 0.15) is 4.21 Å². The van der Waals surface area contributed by atoms with Gasteiger partial charge < -0.3 is 5.32 Å². The van der Waals surface area contributed by atoms with Crippen LogP contribution in [0.1, 0.15) is 37.6 Å². The van der Waals surface area contributed by atoms with E-state index in [9.17, 15) is 8.42 Å². The van der Waals surface area contributed by atoms with Crippen molar-refractivity contribution in [3.05, 3.63) is 16.5 Å². The third-order valence-corrected chi connectivity index (χ3v) is 6.07. The molecular formula is C12H22N2O2S2. The highest BCUT2D eigenvalue weighted by Crippen LogP contribution is 2.26. The monoisotopic (exact) mass is 290 g/mol. The van der Waals surface area contributed by atoms with E-state index in [1.807, 2.05) is 27.7 Å². The molecule has 4 nitrogen and oxygen atoms in total. The molecule has 0 aliphatic carbocycles. The summed E-state index contributed by atoms with van der Waals surface area (Å²) in [7, 11) is -3.36. The van der Waals surface area contributed by atoms with Crippen molar-refractivity contribution in [3.63, 3.8) is 0 Å². The summed E-state index contributed by atoms with van der Waals surface area (Å²) in [5.74, 6) is 0. The third kappa shape index (κ3) is 4.05. The Hall–Kier alpha value is -0.430. The van der Waals surface area contributed by atoms with Crippen molar-refractivity contribution in [1.82, 2.24) is 10.0 Å². The van der Waals surface area contributed by atoms with E-state index < -0.39 is 10.0 Å². The SMILES string of the molecule is CCNCc1sc(S(=O)(=O)NC(C)CC)cc1C. The zero-order valence-electron chi connectivity index (χ0n) is 11.4. The molecule has 1 unspecified atom stereocenters. The van der Waals surface area contributed by atoms with Crippen LogP contribution >= 0.6 is 11.3 Å². The lowest BCUT2D eigenvalue weighted by atomic mass is 10.3. The van der Waals surface area contributed by atoms with Crippen molar-refractivity contribution in [1.29, 1.82) is 0 Å². The van der Waals surface area contributed by atoms with Gasteiger partial charge in [-0.2, -0.15) is 0 Å². The number of thiophene rings is 1. The molecule has 1 aromatic heterocycles. The molecule has 0 aliphatic heterocycles. The summed E-state index contributed by atoms with van der Waals surface area (Å²) in [6, 6.07) is 1.72. The lowest BCUT2D eigenvalue weighted by molar-refractivity contribution is 0.558. The van der Waals surface area contributed by atoms with Crippen LogP contribution in [0.5, 0.6) is 0 Å². The fourth-order valence-electron chi connectivity index (χ4n) is 1.44. The Morgan fingerprint density at radius 2 is 2.06 bits per heavy atom. The van der Waals surface area contributed by atoms with E-state index in [0.29, 0.717) is 4.21 Å². The third-order valence-electron chi connectivity index (χ3n) is 2.77. The van der Waals surface area contributed by atoms with Crippen LogP contribution in [0, 0.1) is 6.92 Å². The molecule has 0 saturated heterocycles. The van der Waals surface area contributed by atoms with E-state index in [1.54, 1.807) is 6.07 Å². The lowest BCUT2D eigenvalue weighted by Crippen LogP contribution is -2.31. The highest BCUT2D eigenvalue weighted by molar-refractivity contribution is 7.91. The Labute approximate surface area is 114 Å². The molecule has 1 aromatic rings. The Bertz CT molecular complexity index is 480. The number of hydrogen-bond acceptors (Lipinski definition) is 4. The van der Waals surface area contributed by atoms with E-state index in [2.05, 4.69) is 10.0 Å². The fourth-order valence-corrected chi connectivity index (χ4v) is 4.34. The van der Waals surface area contributed by atoms with Crippen LogP contribution in [0.2, 0.25) is 0 Å². The van der Waals surface area contributed by atoms with Gasteiger partial charge in [-0.3, -0.25) is 0 Å². The van der Waals surface area contributed by atoms with E-state index in [0.717, 1.165) is 30.0 Å². The molecule has 0 bridgehead atoms. The largest absolute Gasteiger partial charge is 0.312 e. The zero-order chi connectivity index (χ0) is 13.8. The highest BCUT2D eigenvalue weighted by Gasteiger charge is 2.20. The standard InChI is InChI=1S/C12H22N2O2S2/c1-5-10(4)14-18(15,16)12-7-9(3)11(17-12)8-13-6-2/h7,10,13-14H,5-6,8H2,1-4H3. The van der Waals surface area contributed by atoms with Crippen LogP contribution in [0.4, 0.5) is 0 Å². The van der Waals surface area contributed by atoms with Gasteiger partial charge in [-0.15, -0.1) is 11.3 Å². The van der Waals surface area contributed by atoms with Gasteiger partial charge in [0.25, 0.3) is 0 Å². The molecule has 0 radical (unpaired) electrons. The molecule has 2 N–H and O–H groups in total. The molecular weight excluding hydrogens is 268 g/mol. The van der Waals surface area contributed by atoms with Crippen molar-refractivity contribution in [2.75, 3.05) is 6.54 Å². The topological polar surface area (TPSA) is 58.2 Å². The van der Waals surface area contributed by atoms with Crippen LogP contribution in [0.3, 0.4) is 0 Å². The normalized spacial score (nSPS) is 13.8. The molecule has 18 heavy (non-hydrogen) atoms. The minimum atomic E-state index is -3.36. The lowest BCUT2D eigenvalue weighted by Gasteiger charge is -2.10. The molecule has 1 atom stereocenters. The molecule has 104 valence electrons. The Kier molecular flexibility index (Phi) is 5.78. The predicted molar refractivity (Wildman–Crippen MR) is 76.5 cm³/mol. The van der Waals surface area contributed by atoms with Gasteiger partial charge in [0.2, 0.25) is 10.0 Å². The molecule has 1 heterocycles. The minimum absolute atomic E-state index is 0.0328. The first-order chi connectivity index (χ1) is 8.40. The number of aryl methyl sites for hydroxylation is 1. The van der Waals surface area contributed by atoms with E-state index in [1.165, 1.54) is 11.3 Å². The number of hydrogen-bond donors (Lipinski definition) is 2. The maximum absolute atomic E-state index is 12.1. The quantitative estimate of drug-likeness (QED) is 0.809. The first-order valence-electron chi connectivity index (χ1n) is 6.23.